The van der Waals surface area contributed by atoms with Crippen LogP contribution in [0, 0.1) is 0 Å². The van der Waals surface area contributed by atoms with Crippen LogP contribution in [0.25, 0.3) is 11.4 Å². The standard InChI is InChI=1S/C20H21ClN4O3S/c1-4-25-19(13-9-16(27-2)11-17(10-13)28-3)23-24-20(25)29-12-18(26)22-15-7-5-14(21)6-8-15/h5-11H,4,12H2,1-3H3,(H,22,26). The van der Waals surface area contributed by atoms with Gasteiger partial charge in [-0.05, 0) is 43.3 Å². The summed E-state index contributed by atoms with van der Waals surface area (Å²) in [6.45, 7) is 2.66. The van der Waals surface area contributed by atoms with Crippen molar-refractivity contribution in [3.63, 3.8) is 0 Å². The summed E-state index contributed by atoms with van der Waals surface area (Å²) in [6.07, 6.45) is 0. The van der Waals surface area contributed by atoms with E-state index in [0.717, 1.165) is 5.56 Å². The molecule has 1 heterocycles. The van der Waals surface area contributed by atoms with Crippen LogP contribution in [-0.4, -0.2) is 40.6 Å². The lowest BCUT2D eigenvalue weighted by Crippen LogP contribution is -2.14. The maximum Gasteiger partial charge on any atom is 0.234 e. The van der Waals surface area contributed by atoms with E-state index in [1.165, 1.54) is 11.8 Å². The molecule has 0 fully saturated rings. The van der Waals surface area contributed by atoms with Crippen LogP contribution in [0.3, 0.4) is 0 Å². The number of carbonyl (C=O) groups is 1. The molecular weight excluding hydrogens is 412 g/mol. The Morgan fingerprint density at radius 2 is 1.76 bits per heavy atom. The molecule has 0 aliphatic heterocycles. The molecule has 3 rings (SSSR count). The van der Waals surface area contributed by atoms with Crippen LogP contribution in [0.2, 0.25) is 5.02 Å². The third-order valence-electron chi connectivity index (χ3n) is 4.10. The van der Waals surface area contributed by atoms with Crippen molar-refractivity contribution in [2.24, 2.45) is 0 Å². The Hall–Kier alpha value is -2.71. The second kappa shape index (κ2) is 9.67. The number of amides is 1. The van der Waals surface area contributed by atoms with Gasteiger partial charge in [0.2, 0.25) is 5.91 Å². The molecule has 1 aromatic heterocycles. The molecule has 0 aliphatic carbocycles. The van der Waals surface area contributed by atoms with Gasteiger partial charge in [0.1, 0.15) is 11.5 Å². The summed E-state index contributed by atoms with van der Waals surface area (Å²) in [7, 11) is 3.20. The molecule has 9 heteroatoms. The van der Waals surface area contributed by atoms with Gasteiger partial charge in [0.25, 0.3) is 0 Å². The van der Waals surface area contributed by atoms with Crippen LogP contribution in [0.1, 0.15) is 6.92 Å². The van der Waals surface area contributed by atoms with Crippen molar-refractivity contribution in [1.82, 2.24) is 14.8 Å². The lowest BCUT2D eigenvalue weighted by Gasteiger charge is -2.10. The van der Waals surface area contributed by atoms with Crippen molar-refractivity contribution in [3.8, 4) is 22.9 Å². The Labute approximate surface area is 178 Å². The van der Waals surface area contributed by atoms with Gasteiger partial charge in [-0.1, -0.05) is 23.4 Å². The van der Waals surface area contributed by atoms with Gasteiger partial charge in [0, 0.05) is 28.9 Å². The summed E-state index contributed by atoms with van der Waals surface area (Å²) in [5, 5.41) is 12.7. The molecule has 152 valence electrons. The van der Waals surface area contributed by atoms with E-state index in [2.05, 4.69) is 15.5 Å². The van der Waals surface area contributed by atoms with Crippen molar-refractivity contribution in [2.75, 3.05) is 25.3 Å². The molecule has 0 aliphatic rings. The Morgan fingerprint density at radius 1 is 1.10 bits per heavy atom. The summed E-state index contributed by atoms with van der Waals surface area (Å²) in [6, 6.07) is 12.5. The van der Waals surface area contributed by atoms with Gasteiger partial charge in [-0.25, -0.2) is 0 Å². The second-order valence-electron chi connectivity index (χ2n) is 6.00. The normalized spacial score (nSPS) is 10.6. The molecule has 7 nitrogen and oxygen atoms in total. The summed E-state index contributed by atoms with van der Waals surface area (Å²) in [5.74, 6) is 2.10. The summed E-state index contributed by atoms with van der Waals surface area (Å²) < 4.78 is 12.6. The zero-order valence-electron chi connectivity index (χ0n) is 16.3. The number of hydrogen-bond donors (Lipinski definition) is 1. The van der Waals surface area contributed by atoms with E-state index in [1.807, 2.05) is 23.6 Å². The lowest BCUT2D eigenvalue weighted by molar-refractivity contribution is -0.113. The highest BCUT2D eigenvalue weighted by molar-refractivity contribution is 7.99. The smallest absolute Gasteiger partial charge is 0.234 e. The Balaban J connectivity index is 1.74. The van der Waals surface area contributed by atoms with Crippen molar-refractivity contribution in [3.05, 3.63) is 47.5 Å². The first-order valence-corrected chi connectivity index (χ1v) is 10.2. The number of methoxy groups -OCH3 is 2. The highest BCUT2D eigenvalue weighted by Gasteiger charge is 2.16. The molecule has 0 radical (unpaired) electrons. The van der Waals surface area contributed by atoms with E-state index >= 15 is 0 Å². The van der Waals surface area contributed by atoms with Gasteiger partial charge in [0.05, 0.1) is 20.0 Å². The molecule has 0 bridgehead atoms. The Bertz CT molecular complexity index is 970. The molecule has 0 spiro atoms. The van der Waals surface area contributed by atoms with Gasteiger partial charge in [0.15, 0.2) is 11.0 Å². The fourth-order valence-electron chi connectivity index (χ4n) is 2.69. The molecule has 0 unspecified atom stereocenters. The highest BCUT2D eigenvalue weighted by Crippen LogP contribution is 2.30. The zero-order valence-corrected chi connectivity index (χ0v) is 17.9. The second-order valence-corrected chi connectivity index (χ2v) is 7.37. The minimum absolute atomic E-state index is 0.132. The molecule has 0 atom stereocenters. The fourth-order valence-corrected chi connectivity index (χ4v) is 3.62. The average molecular weight is 433 g/mol. The average Bonchev–Trinajstić information content (AvgIpc) is 3.16. The maximum absolute atomic E-state index is 12.3. The molecule has 1 N–H and O–H groups in total. The van der Waals surface area contributed by atoms with E-state index in [-0.39, 0.29) is 11.7 Å². The number of nitrogens with one attached hydrogen (secondary N) is 1. The first kappa shape index (κ1) is 21.0. The number of benzene rings is 2. The van der Waals surface area contributed by atoms with Gasteiger partial charge >= 0.3 is 0 Å². The van der Waals surface area contributed by atoms with Crippen LogP contribution < -0.4 is 14.8 Å². The van der Waals surface area contributed by atoms with E-state index in [9.17, 15) is 4.79 Å². The quantitative estimate of drug-likeness (QED) is 0.532. The number of hydrogen-bond acceptors (Lipinski definition) is 6. The third kappa shape index (κ3) is 5.21. The van der Waals surface area contributed by atoms with E-state index in [0.29, 0.717) is 39.7 Å². The SMILES string of the molecule is CCn1c(SCC(=O)Nc2ccc(Cl)cc2)nnc1-c1cc(OC)cc(OC)c1. The number of rotatable bonds is 8. The monoisotopic (exact) mass is 432 g/mol. The van der Waals surface area contributed by atoms with Gasteiger partial charge < -0.3 is 19.4 Å². The predicted molar refractivity (Wildman–Crippen MR) is 115 cm³/mol. The molecular formula is C20H21ClN4O3S. The summed E-state index contributed by atoms with van der Waals surface area (Å²) in [4.78, 5) is 12.3. The van der Waals surface area contributed by atoms with Gasteiger partial charge in [-0.15, -0.1) is 10.2 Å². The van der Waals surface area contributed by atoms with Crippen LogP contribution in [0.15, 0.2) is 47.6 Å². The zero-order chi connectivity index (χ0) is 20.8. The fraction of sp³-hybridized carbons (Fsp3) is 0.250. The largest absolute Gasteiger partial charge is 0.497 e. The van der Waals surface area contributed by atoms with Gasteiger partial charge in [-0.3, -0.25) is 4.79 Å². The first-order valence-electron chi connectivity index (χ1n) is 8.89. The Kier molecular flexibility index (Phi) is 7.00. The van der Waals surface area contributed by atoms with E-state index in [1.54, 1.807) is 44.6 Å². The number of halogens is 1. The molecule has 2 aromatic carbocycles. The van der Waals surface area contributed by atoms with Crippen LogP contribution in [0.5, 0.6) is 11.5 Å². The topological polar surface area (TPSA) is 78.3 Å². The number of thioether (sulfide) groups is 1. The van der Waals surface area contributed by atoms with Crippen molar-refractivity contribution >= 4 is 35.0 Å². The highest BCUT2D eigenvalue weighted by atomic mass is 35.5. The van der Waals surface area contributed by atoms with E-state index in [4.69, 9.17) is 21.1 Å². The van der Waals surface area contributed by atoms with Crippen molar-refractivity contribution < 1.29 is 14.3 Å². The number of nitrogens with zero attached hydrogens (tertiary/aromatic N) is 3. The molecule has 3 aromatic rings. The van der Waals surface area contributed by atoms with E-state index < -0.39 is 0 Å². The van der Waals surface area contributed by atoms with Crippen LogP contribution in [-0.2, 0) is 11.3 Å². The van der Waals surface area contributed by atoms with Gasteiger partial charge in [-0.2, -0.15) is 0 Å². The molecule has 29 heavy (non-hydrogen) atoms. The maximum atomic E-state index is 12.3. The lowest BCUT2D eigenvalue weighted by atomic mass is 10.2. The molecule has 1 amide bonds. The number of ether oxygens (including phenoxy) is 2. The molecule has 0 saturated heterocycles. The van der Waals surface area contributed by atoms with Crippen LogP contribution in [0.4, 0.5) is 5.69 Å². The number of anilines is 1. The predicted octanol–water partition coefficient (Wildman–Crippen LogP) is 4.37. The van der Waals surface area contributed by atoms with Crippen molar-refractivity contribution in [1.29, 1.82) is 0 Å². The van der Waals surface area contributed by atoms with Crippen molar-refractivity contribution in [2.45, 2.75) is 18.6 Å². The van der Waals surface area contributed by atoms with Crippen LogP contribution >= 0.6 is 23.4 Å². The minimum Gasteiger partial charge on any atom is -0.497 e. The summed E-state index contributed by atoms with van der Waals surface area (Å²) >= 11 is 7.19. The Morgan fingerprint density at radius 3 is 2.34 bits per heavy atom. The minimum atomic E-state index is -0.132. The number of carbonyl (C=O) groups excluding carboxylic acids is 1. The summed E-state index contributed by atoms with van der Waals surface area (Å²) in [5.41, 5.74) is 1.52. The molecule has 0 saturated carbocycles. The first-order chi connectivity index (χ1) is 14.0. The third-order valence-corrected chi connectivity index (χ3v) is 5.32. The number of aromatic nitrogens is 3.